The van der Waals surface area contributed by atoms with Crippen molar-refractivity contribution in [1.29, 1.82) is 0 Å². The third-order valence-corrected chi connectivity index (χ3v) is 6.02. The Kier molecular flexibility index (Phi) is 5.87. The van der Waals surface area contributed by atoms with E-state index in [1.165, 1.54) is 0 Å². The van der Waals surface area contributed by atoms with Crippen LogP contribution >= 0.6 is 0 Å². The Morgan fingerprint density at radius 1 is 0.935 bits per heavy atom. The summed E-state index contributed by atoms with van der Waals surface area (Å²) in [6, 6.07) is 22.7. The molecule has 0 saturated heterocycles. The zero-order valence-electron chi connectivity index (χ0n) is 17.3. The first kappa shape index (κ1) is 20.8. The number of benzene rings is 3. The van der Waals surface area contributed by atoms with E-state index in [-0.39, 0.29) is 18.9 Å². The number of carbonyl (C=O) groups excluding carboxylic acids is 1. The highest BCUT2D eigenvalue weighted by molar-refractivity contribution is 5.95. The van der Waals surface area contributed by atoms with Crippen LogP contribution in [0, 0.1) is 12.8 Å². The minimum atomic E-state index is -1.42. The molecular weight excluding hydrogens is 390 g/mol. The van der Waals surface area contributed by atoms with Crippen LogP contribution in [0.3, 0.4) is 0 Å². The molecule has 0 radical (unpaired) electrons. The standard InChI is InChI=1S/C26H25NO4/c1-16-8-2-3-9-17(16)14-23(27)24(25(28)29)26(30)31-15-22-20-12-6-4-10-18(20)19-11-5-7-13-21(19)22/h2-13,22-24H,14-15,27H2,1H3,(H,28,29)/t23?,24-/m0/s1. The zero-order valence-corrected chi connectivity index (χ0v) is 17.3. The van der Waals surface area contributed by atoms with Gasteiger partial charge in [-0.15, -0.1) is 0 Å². The van der Waals surface area contributed by atoms with Gasteiger partial charge in [-0.2, -0.15) is 0 Å². The molecule has 0 amide bonds. The van der Waals surface area contributed by atoms with Gasteiger partial charge in [0.15, 0.2) is 5.92 Å². The lowest BCUT2D eigenvalue weighted by Gasteiger charge is -2.21. The van der Waals surface area contributed by atoms with E-state index in [9.17, 15) is 14.7 Å². The predicted octanol–water partition coefficient (Wildman–Crippen LogP) is 3.92. The van der Waals surface area contributed by atoms with Crippen LogP contribution in [0.25, 0.3) is 11.1 Å². The fourth-order valence-corrected chi connectivity index (χ4v) is 4.36. The van der Waals surface area contributed by atoms with Crippen molar-refractivity contribution in [3.63, 3.8) is 0 Å². The molecule has 0 heterocycles. The number of hydrogen-bond acceptors (Lipinski definition) is 4. The third kappa shape index (κ3) is 4.09. The lowest BCUT2D eigenvalue weighted by molar-refractivity contribution is -0.159. The van der Waals surface area contributed by atoms with Crippen molar-refractivity contribution in [3.8, 4) is 11.1 Å². The molecule has 0 aliphatic heterocycles. The molecule has 5 heteroatoms. The second kappa shape index (κ2) is 8.74. The minimum absolute atomic E-state index is 0.0771. The number of carboxylic acids is 1. The number of fused-ring (bicyclic) bond motifs is 3. The maximum absolute atomic E-state index is 12.8. The quantitative estimate of drug-likeness (QED) is 0.451. The molecule has 3 aromatic rings. The van der Waals surface area contributed by atoms with Crippen molar-refractivity contribution in [2.75, 3.05) is 6.61 Å². The number of rotatable bonds is 7. The van der Waals surface area contributed by atoms with Crippen molar-refractivity contribution >= 4 is 11.9 Å². The lowest BCUT2D eigenvalue weighted by Crippen LogP contribution is -2.43. The summed E-state index contributed by atoms with van der Waals surface area (Å²) in [5, 5.41) is 9.69. The first-order valence-electron chi connectivity index (χ1n) is 10.3. The SMILES string of the molecule is Cc1ccccc1CC(N)[C@@H](C(=O)O)C(=O)OCC1c2ccccc2-c2ccccc21. The summed E-state index contributed by atoms with van der Waals surface area (Å²) in [5.41, 5.74) is 12.5. The molecule has 0 fully saturated rings. The number of ether oxygens (including phenoxy) is 1. The predicted molar refractivity (Wildman–Crippen MR) is 119 cm³/mol. The van der Waals surface area contributed by atoms with Crippen LogP contribution in [0.2, 0.25) is 0 Å². The second-order valence-corrected chi connectivity index (χ2v) is 7.97. The smallest absolute Gasteiger partial charge is 0.321 e. The molecule has 1 unspecified atom stereocenters. The van der Waals surface area contributed by atoms with Crippen LogP contribution in [0.5, 0.6) is 0 Å². The number of carbonyl (C=O) groups is 2. The first-order chi connectivity index (χ1) is 15.0. The van der Waals surface area contributed by atoms with E-state index in [1.54, 1.807) is 0 Å². The highest BCUT2D eigenvalue weighted by Crippen LogP contribution is 2.44. The van der Waals surface area contributed by atoms with E-state index in [1.807, 2.05) is 79.7 Å². The Bertz CT molecular complexity index is 1080. The van der Waals surface area contributed by atoms with Crippen LogP contribution < -0.4 is 5.73 Å². The number of aryl methyl sites for hydroxylation is 1. The summed E-state index contributed by atoms with van der Waals surface area (Å²) in [5.74, 6) is -3.61. The van der Waals surface area contributed by atoms with Gasteiger partial charge in [-0.3, -0.25) is 9.59 Å². The van der Waals surface area contributed by atoms with Crippen LogP contribution in [0.15, 0.2) is 72.8 Å². The van der Waals surface area contributed by atoms with Crippen LogP contribution in [-0.2, 0) is 20.7 Å². The van der Waals surface area contributed by atoms with E-state index in [2.05, 4.69) is 0 Å². The average Bonchev–Trinajstić information content (AvgIpc) is 3.07. The van der Waals surface area contributed by atoms with E-state index in [0.717, 1.165) is 33.4 Å². The molecule has 158 valence electrons. The van der Waals surface area contributed by atoms with Gasteiger partial charge in [-0.25, -0.2) is 0 Å². The first-order valence-corrected chi connectivity index (χ1v) is 10.3. The van der Waals surface area contributed by atoms with Gasteiger partial charge in [0, 0.05) is 12.0 Å². The van der Waals surface area contributed by atoms with Gasteiger partial charge >= 0.3 is 11.9 Å². The largest absolute Gasteiger partial charge is 0.481 e. The van der Waals surface area contributed by atoms with E-state index in [4.69, 9.17) is 10.5 Å². The Hall–Kier alpha value is -3.44. The molecule has 1 aliphatic carbocycles. The zero-order chi connectivity index (χ0) is 22.0. The molecule has 5 nitrogen and oxygen atoms in total. The monoisotopic (exact) mass is 415 g/mol. The maximum atomic E-state index is 12.8. The number of aliphatic carboxylic acids is 1. The maximum Gasteiger partial charge on any atom is 0.321 e. The van der Waals surface area contributed by atoms with Gasteiger partial charge in [0.1, 0.15) is 6.61 Å². The van der Waals surface area contributed by atoms with Crippen LogP contribution in [0.4, 0.5) is 0 Å². The summed E-state index contributed by atoms with van der Waals surface area (Å²) in [6.45, 7) is 2.01. The summed E-state index contributed by atoms with van der Waals surface area (Å²) < 4.78 is 5.55. The molecule has 0 bridgehead atoms. The molecule has 3 aromatic carbocycles. The summed E-state index contributed by atoms with van der Waals surface area (Å²) in [7, 11) is 0. The number of nitrogens with two attached hydrogens (primary N) is 1. The number of esters is 1. The number of carboxylic acid groups (broad SMARTS) is 1. The minimum Gasteiger partial charge on any atom is -0.481 e. The topological polar surface area (TPSA) is 89.6 Å². The summed E-state index contributed by atoms with van der Waals surface area (Å²) in [4.78, 5) is 24.7. The van der Waals surface area contributed by atoms with Crippen molar-refractivity contribution in [2.45, 2.75) is 25.3 Å². The van der Waals surface area contributed by atoms with Crippen molar-refractivity contribution in [3.05, 3.63) is 95.1 Å². The molecule has 2 atom stereocenters. The second-order valence-electron chi connectivity index (χ2n) is 7.97. The molecular formula is C26H25NO4. The third-order valence-electron chi connectivity index (χ3n) is 6.02. The van der Waals surface area contributed by atoms with Gasteiger partial charge in [0.05, 0.1) is 0 Å². The molecule has 3 N–H and O–H groups in total. The molecule has 31 heavy (non-hydrogen) atoms. The summed E-state index contributed by atoms with van der Waals surface area (Å²) in [6.07, 6.45) is 0.286. The Balaban J connectivity index is 1.50. The molecule has 0 saturated carbocycles. The molecule has 1 aliphatic rings. The summed E-state index contributed by atoms with van der Waals surface area (Å²) >= 11 is 0. The van der Waals surface area contributed by atoms with Gasteiger partial charge in [0.2, 0.25) is 0 Å². The number of hydrogen-bond donors (Lipinski definition) is 2. The van der Waals surface area contributed by atoms with Gasteiger partial charge in [-0.05, 0) is 46.7 Å². The van der Waals surface area contributed by atoms with Crippen LogP contribution in [-0.4, -0.2) is 29.7 Å². The Morgan fingerprint density at radius 3 is 2.06 bits per heavy atom. The van der Waals surface area contributed by atoms with Crippen molar-refractivity contribution in [1.82, 2.24) is 0 Å². The molecule has 0 spiro atoms. The van der Waals surface area contributed by atoms with E-state index in [0.29, 0.717) is 0 Å². The van der Waals surface area contributed by atoms with Crippen LogP contribution in [0.1, 0.15) is 28.2 Å². The fourth-order valence-electron chi connectivity index (χ4n) is 4.36. The van der Waals surface area contributed by atoms with Crippen molar-refractivity contribution in [2.24, 2.45) is 11.7 Å². The Labute approximate surface area is 181 Å². The van der Waals surface area contributed by atoms with Crippen molar-refractivity contribution < 1.29 is 19.4 Å². The van der Waals surface area contributed by atoms with Gasteiger partial charge in [0.25, 0.3) is 0 Å². The molecule has 4 rings (SSSR count). The van der Waals surface area contributed by atoms with Gasteiger partial charge < -0.3 is 15.6 Å². The fraction of sp³-hybridized carbons (Fsp3) is 0.231. The highest BCUT2D eigenvalue weighted by Gasteiger charge is 2.36. The van der Waals surface area contributed by atoms with E-state index >= 15 is 0 Å². The normalized spacial score (nSPS) is 14.4. The lowest BCUT2D eigenvalue weighted by atomic mass is 9.92. The van der Waals surface area contributed by atoms with Gasteiger partial charge in [-0.1, -0.05) is 72.8 Å². The highest BCUT2D eigenvalue weighted by atomic mass is 16.5. The van der Waals surface area contributed by atoms with E-state index < -0.39 is 23.9 Å². The Morgan fingerprint density at radius 2 is 1.48 bits per heavy atom. The molecule has 0 aromatic heterocycles. The average molecular weight is 415 g/mol.